The highest BCUT2D eigenvalue weighted by Gasteiger charge is 2.05. The molecule has 1 N–H and O–H groups in total. The molecule has 2 rings (SSSR count). The van der Waals surface area contributed by atoms with E-state index in [4.69, 9.17) is 11.6 Å². The Hall–Kier alpha value is -0.740. The Morgan fingerprint density at radius 2 is 2.33 bits per heavy atom. The lowest BCUT2D eigenvalue weighted by molar-refractivity contribution is 0.477. The smallest absolute Gasteiger partial charge is 0.180 e. The van der Waals surface area contributed by atoms with E-state index in [0.29, 0.717) is 10.8 Å². The van der Waals surface area contributed by atoms with Gasteiger partial charge in [-0.1, -0.05) is 11.6 Å². The second-order valence-corrected chi connectivity index (χ2v) is 3.62. The van der Waals surface area contributed by atoms with Crippen LogP contribution in [-0.2, 0) is 0 Å². The van der Waals surface area contributed by atoms with Crippen molar-refractivity contribution in [2.75, 3.05) is 0 Å². The topological polar surface area (TPSA) is 37.5 Å². The van der Waals surface area contributed by atoms with Crippen molar-refractivity contribution in [1.29, 1.82) is 0 Å². The Balaban J connectivity index is 2.92. The summed E-state index contributed by atoms with van der Waals surface area (Å²) in [5, 5.41) is 9.87. The molecule has 0 bridgehead atoms. The summed E-state index contributed by atoms with van der Waals surface area (Å²) < 4.78 is 2.36. The molecule has 12 heavy (non-hydrogen) atoms. The van der Waals surface area contributed by atoms with Gasteiger partial charge in [-0.05, 0) is 22.0 Å². The highest BCUT2D eigenvalue weighted by molar-refractivity contribution is 9.10. The first-order valence-electron chi connectivity index (χ1n) is 3.19. The SMILES string of the molecule is Oc1cc(Br)cn2c(Cl)cnc12. The number of hydrogen-bond acceptors (Lipinski definition) is 2. The van der Waals surface area contributed by atoms with Crippen LogP contribution in [0.5, 0.6) is 5.75 Å². The van der Waals surface area contributed by atoms with E-state index in [1.165, 1.54) is 6.20 Å². The van der Waals surface area contributed by atoms with E-state index in [1.807, 2.05) is 0 Å². The third kappa shape index (κ3) is 1.07. The van der Waals surface area contributed by atoms with Crippen LogP contribution in [0.4, 0.5) is 0 Å². The summed E-state index contributed by atoms with van der Waals surface area (Å²) in [6, 6.07) is 1.57. The molecule has 0 aliphatic rings. The van der Waals surface area contributed by atoms with Crippen LogP contribution in [0, 0.1) is 0 Å². The zero-order valence-electron chi connectivity index (χ0n) is 5.83. The van der Waals surface area contributed by atoms with E-state index < -0.39 is 0 Å². The fourth-order valence-electron chi connectivity index (χ4n) is 1.01. The van der Waals surface area contributed by atoms with Crippen LogP contribution in [0.3, 0.4) is 0 Å². The summed E-state index contributed by atoms with van der Waals surface area (Å²) in [5.41, 5.74) is 0.461. The van der Waals surface area contributed by atoms with Crippen molar-refractivity contribution in [2.24, 2.45) is 0 Å². The van der Waals surface area contributed by atoms with E-state index in [2.05, 4.69) is 20.9 Å². The molecule has 0 atom stereocenters. The van der Waals surface area contributed by atoms with Gasteiger partial charge in [0.05, 0.1) is 6.20 Å². The number of hydrogen-bond donors (Lipinski definition) is 1. The van der Waals surface area contributed by atoms with Gasteiger partial charge in [0.2, 0.25) is 0 Å². The fourth-order valence-corrected chi connectivity index (χ4v) is 1.61. The van der Waals surface area contributed by atoms with Gasteiger partial charge >= 0.3 is 0 Å². The molecule has 0 aliphatic carbocycles. The maximum Gasteiger partial charge on any atom is 0.180 e. The predicted molar refractivity (Wildman–Crippen MR) is 49.6 cm³/mol. The summed E-state index contributed by atoms with van der Waals surface area (Å²) in [5.74, 6) is 0.108. The van der Waals surface area contributed by atoms with Gasteiger partial charge in [0.15, 0.2) is 11.4 Å². The first-order chi connectivity index (χ1) is 5.68. The quantitative estimate of drug-likeness (QED) is 0.776. The number of rotatable bonds is 0. The van der Waals surface area contributed by atoms with Crippen LogP contribution in [0.2, 0.25) is 5.15 Å². The number of fused-ring (bicyclic) bond motifs is 1. The standard InChI is InChI=1S/C7H4BrClN2O/c8-4-1-5(12)7-10-2-6(9)11(7)3-4/h1-3,12H. The van der Waals surface area contributed by atoms with E-state index in [-0.39, 0.29) is 5.75 Å². The first-order valence-corrected chi connectivity index (χ1v) is 4.36. The van der Waals surface area contributed by atoms with Crippen LogP contribution in [0.1, 0.15) is 0 Å². The molecule has 0 amide bonds. The van der Waals surface area contributed by atoms with Crippen LogP contribution in [-0.4, -0.2) is 14.5 Å². The number of aromatic nitrogens is 2. The molecule has 2 heterocycles. The molecule has 0 radical (unpaired) electrons. The molecule has 0 fully saturated rings. The van der Waals surface area contributed by atoms with E-state index in [9.17, 15) is 5.11 Å². The number of aromatic hydroxyl groups is 1. The lowest BCUT2D eigenvalue weighted by Gasteiger charge is -1.98. The summed E-state index contributed by atoms with van der Waals surface area (Å²) in [6.07, 6.45) is 3.23. The van der Waals surface area contributed by atoms with Crippen LogP contribution < -0.4 is 0 Å². The largest absolute Gasteiger partial charge is 0.504 e. The van der Waals surface area contributed by atoms with Crippen molar-refractivity contribution in [2.45, 2.75) is 0 Å². The molecule has 0 saturated heterocycles. The minimum atomic E-state index is 0.108. The zero-order valence-corrected chi connectivity index (χ0v) is 8.17. The Morgan fingerprint density at radius 3 is 3.08 bits per heavy atom. The van der Waals surface area contributed by atoms with Crippen molar-refractivity contribution < 1.29 is 5.11 Å². The van der Waals surface area contributed by atoms with Gasteiger partial charge in [0, 0.05) is 10.7 Å². The number of halogens is 2. The van der Waals surface area contributed by atoms with Crippen molar-refractivity contribution in [3.63, 3.8) is 0 Å². The second-order valence-electron chi connectivity index (χ2n) is 2.32. The molecule has 2 aromatic heterocycles. The van der Waals surface area contributed by atoms with Gasteiger partial charge in [-0.25, -0.2) is 4.98 Å². The third-order valence-corrected chi connectivity index (χ3v) is 2.22. The van der Waals surface area contributed by atoms with Gasteiger partial charge in [0.25, 0.3) is 0 Å². The maximum atomic E-state index is 9.39. The molecule has 0 aliphatic heterocycles. The Kier molecular flexibility index (Phi) is 1.73. The van der Waals surface area contributed by atoms with Crippen molar-refractivity contribution in [3.8, 4) is 5.75 Å². The molecule has 62 valence electrons. The van der Waals surface area contributed by atoms with Crippen LogP contribution in [0.25, 0.3) is 5.65 Å². The highest BCUT2D eigenvalue weighted by Crippen LogP contribution is 2.24. The van der Waals surface area contributed by atoms with Crippen LogP contribution in [0.15, 0.2) is 22.9 Å². The first kappa shape index (κ1) is 7.89. The van der Waals surface area contributed by atoms with Crippen molar-refractivity contribution >= 4 is 33.2 Å². The molecule has 0 spiro atoms. The summed E-state index contributed by atoms with van der Waals surface area (Å²) in [7, 11) is 0. The Morgan fingerprint density at radius 1 is 1.58 bits per heavy atom. The van der Waals surface area contributed by atoms with Crippen molar-refractivity contribution in [1.82, 2.24) is 9.38 Å². The fraction of sp³-hybridized carbons (Fsp3) is 0. The number of pyridine rings is 1. The monoisotopic (exact) mass is 246 g/mol. The molecule has 2 aromatic rings. The van der Waals surface area contributed by atoms with Gasteiger partial charge in [0.1, 0.15) is 5.15 Å². The third-order valence-electron chi connectivity index (χ3n) is 1.51. The summed E-state index contributed by atoms with van der Waals surface area (Å²) >= 11 is 9.02. The average molecular weight is 247 g/mol. The van der Waals surface area contributed by atoms with Gasteiger partial charge in [-0.3, -0.25) is 4.40 Å². The number of imidazole rings is 1. The zero-order chi connectivity index (χ0) is 8.72. The predicted octanol–water partition coefficient (Wildman–Crippen LogP) is 2.46. The molecule has 0 aromatic carbocycles. The summed E-state index contributed by atoms with van der Waals surface area (Å²) in [4.78, 5) is 3.92. The lowest BCUT2D eigenvalue weighted by Crippen LogP contribution is -1.84. The normalized spacial score (nSPS) is 10.8. The van der Waals surface area contributed by atoms with Gasteiger partial charge in [-0.15, -0.1) is 0 Å². The lowest BCUT2D eigenvalue weighted by atomic mass is 10.4. The van der Waals surface area contributed by atoms with Gasteiger partial charge < -0.3 is 5.11 Å². The molecular formula is C7H4BrClN2O. The second kappa shape index (κ2) is 2.64. The molecular weight excluding hydrogens is 243 g/mol. The average Bonchev–Trinajstić information content (AvgIpc) is 2.33. The highest BCUT2D eigenvalue weighted by atomic mass is 79.9. The molecule has 0 saturated carbocycles. The Bertz CT molecular complexity index is 440. The molecule has 5 heteroatoms. The molecule has 0 unspecified atom stereocenters. The van der Waals surface area contributed by atoms with E-state index >= 15 is 0 Å². The summed E-state index contributed by atoms with van der Waals surface area (Å²) in [6.45, 7) is 0. The molecule has 3 nitrogen and oxygen atoms in total. The van der Waals surface area contributed by atoms with E-state index in [0.717, 1.165) is 4.47 Å². The van der Waals surface area contributed by atoms with Gasteiger partial charge in [-0.2, -0.15) is 0 Å². The van der Waals surface area contributed by atoms with Crippen molar-refractivity contribution in [3.05, 3.63) is 28.1 Å². The maximum absolute atomic E-state index is 9.39. The number of nitrogens with zero attached hydrogens (tertiary/aromatic N) is 2. The Labute approximate surface area is 81.7 Å². The van der Waals surface area contributed by atoms with E-state index in [1.54, 1.807) is 16.7 Å². The minimum Gasteiger partial charge on any atom is -0.504 e. The van der Waals surface area contributed by atoms with Crippen LogP contribution >= 0.6 is 27.5 Å². The minimum absolute atomic E-state index is 0.108.